The average Bonchev–Trinajstić information content (AvgIpc) is 2.96. The Morgan fingerprint density at radius 1 is 1.53 bits per heavy atom. The molecule has 5 heteroatoms. The predicted octanol–water partition coefficient (Wildman–Crippen LogP) is 3.12. The first-order chi connectivity index (χ1) is 9.21. The molecule has 1 aliphatic carbocycles. The van der Waals surface area contributed by atoms with Gasteiger partial charge in [-0.25, -0.2) is 4.98 Å². The second-order valence-corrected chi connectivity index (χ2v) is 7.38. The Morgan fingerprint density at radius 2 is 2.37 bits per heavy atom. The van der Waals surface area contributed by atoms with Gasteiger partial charge in [-0.1, -0.05) is 6.07 Å². The molecular formula is C14H18N2OS2. The fourth-order valence-electron chi connectivity index (χ4n) is 2.24. The number of thiazole rings is 1. The minimum absolute atomic E-state index is 0.132. The first-order valence-electron chi connectivity index (χ1n) is 6.56. The van der Waals surface area contributed by atoms with Crippen LogP contribution in [0.15, 0.2) is 23.7 Å². The molecule has 1 unspecified atom stereocenters. The Hall–Kier alpha value is -0.750. The van der Waals surface area contributed by atoms with Crippen LogP contribution in [0.25, 0.3) is 9.88 Å². The van der Waals surface area contributed by atoms with Crippen molar-refractivity contribution in [1.82, 2.24) is 10.3 Å². The zero-order chi connectivity index (χ0) is 13.3. The van der Waals surface area contributed by atoms with Crippen LogP contribution in [0.1, 0.15) is 24.6 Å². The van der Waals surface area contributed by atoms with E-state index in [-0.39, 0.29) is 12.1 Å². The molecule has 0 radical (unpaired) electrons. The van der Waals surface area contributed by atoms with Gasteiger partial charge >= 0.3 is 0 Å². The van der Waals surface area contributed by atoms with E-state index < -0.39 is 0 Å². The normalized spacial score (nSPS) is 18.4. The van der Waals surface area contributed by atoms with Crippen LogP contribution in [0.3, 0.4) is 0 Å². The quantitative estimate of drug-likeness (QED) is 0.860. The van der Waals surface area contributed by atoms with Crippen LogP contribution < -0.4 is 5.32 Å². The van der Waals surface area contributed by atoms with E-state index >= 15 is 0 Å². The average molecular weight is 294 g/mol. The van der Waals surface area contributed by atoms with Crippen LogP contribution in [-0.2, 0) is 6.54 Å². The summed E-state index contributed by atoms with van der Waals surface area (Å²) in [6, 6.07) is 4.15. The van der Waals surface area contributed by atoms with Gasteiger partial charge in [0, 0.05) is 23.2 Å². The standard InChI is InChI=1S/C14H18N2OS2/c1-14(9-17,10-4-5-10)16-8-11-7-15-13(19-11)12-3-2-6-18-12/h2-3,6-7,10,16-17H,4-5,8-9H2,1H3. The molecule has 2 aromatic rings. The first kappa shape index (κ1) is 13.2. The Bertz CT molecular complexity index is 533. The van der Waals surface area contributed by atoms with Gasteiger partial charge in [0.15, 0.2) is 0 Å². The molecule has 0 spiro atoms. The number of aliphatic hydroxyl groups excluding tert-OH is 1. The van der Waals surface area contributed by atoms with Gasteiger partial charge < -0.3 is 10.4 Å². The molecule has 102 valence electrons. The lowest BCUT2D eigenvalue weighted by Crippen LogP contribution is -2.47. The van der Waals surface area contributed by atoms with Crippen LogP contribution in [0.4, 0.5) is 0 Å². The highest BCUT2D eigenvalue weighted by Gasteiger charge is 2.40. The number of nitrogens with one attached hydrogen (secondary N) is 1. The van der Waals surface area contributed by atoms with Gasteiger partial charge in [-0.3, -0.25) is 0 Å². The Kier molecular flexibility index (Phi) is 3.71. The molecule has 2 aromatic heterocycles. The number of nitrogens with zero attached hydrogens (tertiary/aromatic N) is 1. The monoisotopic (exact) mass is 294 g/mol. The number of hydrogen-bond acceptors (Lipinski definition) is 5. The van der Waals surface area contributed by atoms with Crippen LogP contribution in [-0.4, -0.2) is 22.2 Å². The smallest absolute Gasteiger partial charge is 0.133 e. The van der Waals surface area contributed by atoms with Crippen molar-refractivity contribution in [1.29, 1.82) is 0 Å². The summed E-state index contributed by atoms with van der Waals surface area (Å²) in [5.41, 5.74) is -0.132. The molecule has 2 heterocycles. The SMILES string of the molecule is CC(CO)(NCc1cnc(-c2cccs2)s1)C1CC1. The van der Waals surface area contributed by atoms with Crippen LogP contribution in [0.2, 0.25) is 0 Å². The van der Waals surface area contributed by atoms with Crippen LogP contribution in [0.5, 0.6) is 0 Å². The van der Waals surface area contributed by atoms with Crippen molar-refractivity contribution in [2.24, 2.45) is 5.92 Å². The summed E-state index contributed by atoms with van der Waals surface area (Å²) in [7, 11) is 0. The number of hydrogen-bond donors (Lipinski definition) is 2. The highest BCUT2D eigenvalue weighted by molar-refractivity contribution is 7.20. The summed E-state index contributed by atoms with van der Waals surface area (Å²) in [4.78, 5) is 6.92. The number of aliphatic hydroxyl groups is 1. The van der Waals surface area contributed by atoms with Crippen molar-refractivity contribution >= 4 is 22.7 Å². The van der Waals surface area contributed by atoms with Gasteiger partial charge in [-0.15, -0.1) is 22.7 Å². The van der Waals surface area contributed by atoms with Gasteiger partial charge in [0.05, 0.1) is 11.5 Å². The van der Waals surface area contributed by atoms with Crippen molar-refractivity contribution < 1.29 is 5.11 Å². The van der Waals surface area contributed by atoms with Crippen molar-refractivity contribution in [3.63, 3.8) is 0 Å². The third-order valence-corrected chi connectivity index (χ3v) is 5.80. The summed E-state index contributed by atoms with van der Waals surface area (Å²) in [6.45, 7) is 3.11. The van der Waals surface area contributed by atoms with Gasteiger partial charge in [0.25, 0.3) is 0 Å². The van der Waals surface area contributed by atoms with E-state index in [9.17, 15) is 5.11 Å². The summed E-state index contributed by atoms with van der Waals surface area (Å²) in [6.07, 6.45) is 4.40. The highest BCUT2D eigenvalue weighted by Crippen LogP contribution is 2.39. The number of rotatable bonds is 6. The van der Waals surface area contributed by atoms with Crippen molar-refractivity contribution in [2.45, 2.75) is 31.8 Å². The molecule has 2 N–H and O–H groups in total. The fraction of sp³-hybridized carbons (Fsp3) is 0.500. The van der Waals surface area contributed by atoms with Crippen molar-refractivity contribution in [3.05, 3.63) is 28.6 Å². The topological polar surface area (TPSA) is 45.1 Å². The molecule has 3 rings (SSSR count). The van der Waals surface area contributed by atoms with Crippen molar-refractivity contribution in [3.8, 4) is 9.88 Å². The molecule has 0 aromatic carbocycles. The molecule has 19 heavy (non-hydrogen) atoms. The minimum Gasteiger partial charge on any atom is -0.394 e. The maximum absolute atomic E-state index is 9.56. The van der Waals surface area contributed by atoms with E-state index in [4.69, 9.17) is 0 Å². The summed E-state index contributed by atoms with van der Waals surface area (Å²) in [5, 5.41) is 16.2. The maximum Gasteiger partial charge on any atom is 0.133 e. The summed E-state index contributed by atoms with van der Waals surface area (Å²) >= 11 is 3.45. The molecule has 0 aliphatic heterocycles. The van der Waals surface area contributed by atoms with E-state index in [1.54, 1.807) is 22.7 Å². The fourth-order valence-corrected chi connectivity index (χ4v) is 3.90. The lowest BCUT2D eigenvalue weighted by molar-refractivity contribution is 0.154. The largest absolute Gasteiger partial charge is 0.394 e. The van der Waals surface area contributed by atoms with Crippen molar-refractivity contribution in [2.75, 3.05) is 6.61 Å². The zero-order valence-electron chi connectivity index (χ0n) is 10.9. The summed E-state index contributed by atoms with van der Waals surface area (Å²) in [5.74, 6) is 0.627. The van der Waals surface area contributed by atoms with E-state index in [1.165, 1.54) is 22.6 Å². The number of aromatic nitrogens is 1. The second kappa shape index (κ2) is 5.32. The molecule has 1 fully saturated rings. The second-order valence-electron chi connectivity index (χ2n) is 5.31. The lowest BCUT2D eigenvalue weighted by atomic mass is 9.97. The Morgan fingerprint density at radius 3 is 3.00 bits per heavy atom. The van der Waals surface area contributed by atoms with E-state index in [2.05, 4.69) is 34.7 Å². The zero-order valence-corrected chi connectivity index (χ0v) is 12.6. The molecule has 1 atom stereocenters. The van der Waals surface area contributed by atoms with Gasteiger partial charge in [0.1, 0.15) is 5.01 Å². The van der Waals surface area contributed by atoms with Gasteiger partial charge in [-0.2, -0.15) is 0 Å². The van der Waals surface area contributed by atoms with Crippen LogP contribution in [0, 0.1) is 5.92 Å². The third-order valence-electron chi connectivity index (χ3n) is 3.76. The molecular weight excluding hydrogens is 276 g/mol. The highest BCUT2D eigenvalue weighted by atomic mass is 32.1. The van der Waals surface area contributed by atoms with Gasteiger partial charge in [0.2, 0.25) is 0 Å². The third kappa shape index (κ3) is 2.89. The predicted molar refractivity (Wildman–Crippen MR) is 80.5 cm³/mol. The molecule has 3 nitrogen and oxygen atoms in total. The Balaban J connectivity index is 1.64. The molecule has 1 aliphatic rings. The molecule has 0 amide bonds. The maximum atomic E-state index is 9.56. The van der Waals surface area contributed by atoms with Crippen LogP contribution >= 0.6 is 22.7 Å². The Labute approximate surface area is 121 Å². The van der Waals surface area contributed by atoms with E-state index in [1.807, 2.05) is 6.20 Å². The summed E-state index contributed by atoms with van der Waals surface area (Å²) < 4.78 is 0. The van der Waals surface area contributed by atoms with E-state index in [0.717, 1.165) is 11.6 Å². The minimum atomic E-state index is -0.132. The molecule has 0 saturated heterocycles. The number of thiophene rings is 1. The first-order valence-corrected chi connectivity index (χ1v) is 8.25. The molecule has 0 bridgehead atoms. The molecule has 1 saturated carbocycles. The van der Waals surface area contributed by atoms with Gasteiger partial charge in [-0.05, 0) is 37.1 Å². The van der Waals surface area contributed by atoms with E-state index in [0.29, 0.717) is 5.92 Å². The lowest BCUT2D eigenvalue weighted by Gasteiger charge is -2.28.